The molecule has 1 aromatic carbocycles. The van der Waals surface area contributed by atoms with E-state index in [1.807, 2.05) is 30.3 Å². The Morgan fingerprint density at radius 1 is 1.22 bits per heavy atom. The summed E-state index contributed by atoms with van der Waals surface area (Å²) in [6, 6.07) is 14.2. The summed E-state index contributed by atoms with van der Waals surface area (Å²) in [6.07, 6.45) is 1.32. The van der Waals surface area contributed by atoms with Crippen molar-refractivity contribution < 1.29 is 23.5 Å². The number of aromatic hydroxyl groups is 1. The first-order valence-corrected chi connectivity index (χ1v) is 9.21. The van der Waals surface area contributed by atoms with Gasteiger partial charge < -0.3 is 18.7 Å². The van der Waals surface area contributed by atoms with E-state index < -0.39 is 23.1 Å². The van der Waals surface area contributed by atoms with E-state index in [-0.39, 0.29) is 12.2 Å². The molecule has 1 atom stereocenters. The molecule has 0 bridgehead atoms. The third-order valence-electron chi connectivity index (χ3n) is 3.93. The van der Waals surface area contributed by atoms with Crippen molar-refractivity contribution in [2.24, 2.45) is 0 Å². The number of ether oxygens (including phenoxy) is 1. The maximum absolute atomic E-state index is 12.2. The summed E-state index contributed by atoms with van der Waals surface area (Å²) in [5.74, 6) is -0.630. The van der Waals surface area contributed by atoms with Crippen LogP contribution < -0.4 is 5.43 Å². The van der Waals surface area contributed by atoms with Crippen LogP contribution in [0.4, 0.5) is 0 Å². The van der Waals surface area contributed by atoms with Crippen molar-refractivity contribution in [2.45, 2.75) is 23.0 Å². The largest absolute Gasteiger partial charge is 0.502 e. The van der Waals surface area contributed by atoms with E-state index in [0.29, 0.717) is 17.3 Å². The molecule has 1 N–H and O–H groups in total. The molecule has 0 radical (unpaired) electrons. The first kappa shape index (κ1) is 18.8. The summed E-state index contributed by atoms with van der Waals surface area (Å²) in [4.78, 5) is 25.1. The topological polar surface area (TPSA) is 89.9 Å². The maximum atomic E-state index is 12.2. The summed E-state index contributed by atoms with van der Waals surface area (Å²) < 4.78 is 15.9. The average molecular weight is 386 g/mol. The van der Waals surface area contributed by atoms with Crippen molar-refractivity contribution in [3.63, 3.8) is 0 Å². The average Bonchev–Trinajstić information content (AvgIpc) is 3.22. The van der Waals surface area contributed by atoms with Crippen LogP contribution in [-0.4, -0.2) is 18.2 Å². The molecule has 3 aromatic rings. The lowest BCUT2D eigenvalue weighted by Gasteiger charge is -2.15. The van der Waals surface area contributed by atoms with Crippen molar-refractivity contribution in [2.75, 3.05) is 7.11 Å². The fourth-order valence-electron chi connectivity index (χ4n) is 2.60. The van der Waals surface area contributed by atoms with Gasteiger partial charge in [-0.05, 0) is 24.3 Å². The molecular weight excluding hydrogens is 368 g/mol. The van der Waals surface area contributed by atoms with Crippen molar-refractivity contribution in [3.05, 3.63) is 82.3 Å². The molecule has 3 rings (SSSR count). The summed E-state index contributed by atoms with van der Waals surface area (Å²) >= 11 is 1.50. The highest BCUT2D eigenvalue weighted by Gasteiger charge is 2.28. The molecule has 7 heteroatoms. The second-order valence-corrected chi connectivity index (χ2v) is 6.79. The fourth-order valence-corrected chi connectivity index (χ4v) is 3.40. The molecule has 140 valence electrons. The molecule has 0 fully saturated rings. The third kappa shape index (κ3) is 4.62. The predicted octanol–water partition coefficient (Wildman–Crippen LogP) is 3.93. The molecule has 0 aliphatic rings. The molecule has 2 aromatic heterocycles. The summed E-state index contributed by atoms with van der Waals surface area (Å²) in [5, 5.41) is 10.3. The van der Waals surface area contributed by atoms with Gasteiger partial charge in [0.25, 0.3) is 0 Å². The second kappa shape index (κ2) is 8.64. The number of methoxy groups -OCH3 is 1. The van der Waals surface area contributed by atoms with Gasteiger partial charge in [-0.15, -0.1) is 11.8 Å². The fraction of sp³-hybridized carbons (Fsp3) is 0.200. The Morgan fingerprint density at radius 2 is 2.00 bits per heavy atom. The summed E-state index contributed by atoms with van der Waals surface area (Å²) in [7, 11) is 1.27. The zero-order valence-corrected chi connectivity index (χ0v) is 15.4. The van der Waals surface area contributed by atoms with Crippen LogP contribution in [0.25, 0.3) is 0 Å². The number of carbonyl (C=O) groups excluding carboxylic acids is 1. The number of carbonyl (C=O) groups is 1. The Balaban J connectivity index is 1.93. The van der Waals surface area contributed by atoms with E-state index in [1.54, 1.807) is 12.1 Å². The number of hydrogen-bond donors (Lipinski definition) is 1. The van der Waals surface area contributed by atoms with Crippen LogP contribution in [0.3, 0.4) is 0 Å². The van der Waals surface area contributed by atoms with Crippen LogP contribution in [-0.2, 0) is 15.3 Å². The monoisotopic (exact) mass is 386 g/mol. The zero-order valence-electron chi connectivity index (χ0n) is 14.6. The number of rotatable bonds is 7. The first-order valence-electron chi connectivity index (χ1n) is 8.22. The molecule has 0 spiro atoms. The van der Waals surface area contributed by atoms with Gasteiger partial charge in [0.2, 0.25) is 11.2 Å². The Bertz CT molecular complexity index is 946. The van der Waals surface area contributed by atoms with E-state index in [1.165, 1.54) is 31.2 Å². The Hall–Kier alpha value is -2.93. The van der Waals surface area contributed by atoms with Crippen LogP contribution in [0.1, 0.15) is 29.6 Å². The SMILES string of the molecule is COC(=O)C[C@H](c1ccco1)c1oc(CSc2ccccc2)cc(=O)c1O. The minimum atomic E-state index is -0.762. The van der Waals surface area contributed by atoms with Crippen molar-refractivity contribution in [1.82, 2.24) is 0 Å². The normalized spacial score (nSPS) is 11.9. The van der Waals surface area contributed by atoms with E-state index >= 15 is 0 Å². The Labute approximate surface area is 159 Å². The van der Waals surface area contributed by atoms with E-state index in [0.717, 1.165) is 4.90 Å². The number of esters is 1. The van der Waals surface area contributed by atoms with Crippen LogP contribution in [0.5, 0.6) is 5.75 Å². The molecule has 27 heavy (non-hydrogen) atoms. The van der Waals surface area contributed by atoms with Crippen molar-refractivity contribution >= 4 is 17.7 Å². The summed E-state index contributed by atoms with van der Waals surface area (Å²) in [6.45, 7) is 0. The number of thioether (sulfide) groups is 1. The van der Waals surface area contributed by atoms with E-state index in [4.69, 9.17) is 13.6 Å². The molecule has 6 nitrogen and oxygen atoms in total. The lowest BCUT2D eigenvalue weighted by atomic mass is 9.98. The highest BCUT2D eigenvalue weighted by molar-refractivity contribution is 7.98. The molecular formula is C20H18O6S. The first-order chi connectivity index (χ1) is 13.1. The van der Waals surface area contributed by atoms with Crippen LogP contribution >= 0.6 is 11.8 Å². The van der Waals surface area contributed by atoms with Gasteiger partial charge in [-0.3, -0.25) is 9.59 Å². The molecule has 0 aliphatic carbocycles. The van der Waals surface area contributed by atoms with Crippen LogP contribution in [0, 0.1) is 0 Å². The van der Waals surface area contributed by atoms with Gasteiger partial charge in [-0.1, -0.05) is 18.2 Å². The van der Waals surface area contributed by atoms with Gasteiger partial charge in [0.1, 0.15) is 11.5 Å². The minimum absolute atomic E-state index is 0.00786. The minimum Gasteiger partial charge on any atom is -0.502 e. The highest BCUT2D eigenvalue weighted by Crippen LogP contribution is 2.34. The number of furan rings is 1. The molecule has 0 amide bonds. The Kier molecular flexibility index (Phi) is 6.03. The van der Waals surface area contributed by atoms with Gasteiger partial charge in [-0.25, -0.2) is 0 Å². The highest BCUT2D eigenvalue weighted by atomic mass is 32.2. The smallest absolute Gasteiger partial charge is 0.306 e. The van der Waals surface area contributed by atoms with Gasteiger partial charge >= 0.3 is 5.97 Å². The molecule has 0 saturated heterocycles. The van der Waals surface area contributed by atoms with Crippen molar-refractivity contribution in [1.29, 1.82) is 0 Å². The second-order valence-electron chi connectivity index (χ2n) is 5.74. The van der Waals surface area contributed by atoms with Gasteiger partial charge in [0, 0.05) is 11.0 Å². The van der Waals surface area contributed by atoms with E-state index in [2.05, 4.69) is 0 Å². The van der Waals surface area contributed by atoms with Crippen LogP contribution in [0.15, 0.2) is 73.3 Å². The number of benzene rings is 1. The molecule has 0 aliphatic heterocycles. The zero-order chi connectivity index (χ0) is 19.2. The quantitative estimate of drug-likeness (QED) is 0.486. The summed E-state index contributed by atoms with van der Waals surface area (Å²) in [5.41, 5.74) is -0.568. The van der Waals surface area contributed by atoms with Crippen molar-refractivity contribution in [3.8, 4) is 5.75 Å². The van der Waals surface area contributed by atoms with Gasteiger partial charge in [-0.2, -0.15) is 0 Å². The van der Waals surface area contributed by atoms with E-state index in [9.17, 15) is 14.7 Å². The lowest BCUT2D eigenvalue weighted by molar-refractivity contribution is -0.141. The standard InChI is InChI=1S/C20H18O6S/c1-24-18(22)11-15(17-8-5-9-25-17)20-19(23)16(21)10-13(26-20)12-27-14-6-3-2-4-7-14/h2-10,15,23H,11-12H2,1H3/t15-/m1/s1. The molecule has 0 unspecified atom stereocenters. The predicted molar refractivity (Wildman–Crippen MR) is 99.8 cm³/mol. The Morgan fingerprint density at radius 3 is 2.67 bits per heavy atom. The molecule has 0 saturated carbocycles. The number of hydrogen-bond acceptors (Lipinski definition) is 7. The van der Waals surface area contributed by atoms with Crippen LogP contribution in [0.2, 0.25) is 0 Å². The lowest BCUT2D eigenvalue weighted by Crippen LogP contribution is -2.13. The molecule has 2 heterocycles. The van der Waals surface area contributed by atoms with Gasteiger partial charge in [0.05, 0.1) is 31.5 Å². The maximum Gasteiger partial charge on any atom is 0.306 e. The third-order valence-corrected chi connectivity index (χ3v) is 4.96. The van der Waals surface area contributed by atoms with Gasteiger partial charge in [0.15, 0.2) is 5.76 Å².